The van der Waals surface area contributed by atoms with E-state index in [-0.39, 0.29) is 24.0 Å². The van der Waals surface area contributed by atoms with Crippen molar-refractivity contribution in [1.82, 2.24) is 15.1 Å². The van der Waals surface area contributed by atoms with Gasteiger partial charge in [-0.3, -0.25) is 4.99 Å². The maximum absolute atomic E-state index is 4.45. The monoisotopic (exact) mass is 426 g/mol. The lowest BCUT2D eigenvalue weighted by Gasteiger charge is -2.23. The van der Waals surface area contributed by atoms with Gasteiger partial charge < -0.3 is 15.1 Å². The molecule has 0 bridgehead atoms. The van der Waals surface area contributed by atoms with Crippen LogP contribution in [-0.4, -0.2) is 74.1 Å². The predicted octanol–water partition coefficient (Wildman–Crippen LogP) is 2.35. The van der Waals surface area contributed by atoms with Crippen LogP contribution in [0, 0.1) is 5.92 Å². The highest BCUT2D eigenvalue weighted by Crippen LogP contribution is 2.19. The zero-order valence-electron chi connectivity index (χ0n) is 13.5. The van der Waals surface area contributed by atoms with Crippen molar-refractivity contribution in [3.8, 4) is 0 Å². The van der Waals surface area contributed by atoms with Gasteiger partial charge in [0.2, 0.25) is 0 Å². The van der Waals surface area contributed by atoms with Crippen molar-refractivity contribution < 1.29 is 0 Å². The lowest BCUT2D eigenvalue weighted by Crippen LogP contribution is -2.41. The first-order chi connectivity index (χ1) is 9.83. The highest BCUT2D eigenvalue weighted by molar-refractivity contribution is 14.0. The van der Waals surface area contributed by atoms with E-state index in [0.29, 0.717) is 0 Å². The van der Waals surface area contributed by atoms with Crippen LogP contribution in [0.15, 0.2) is 4.99 Å². The SMILES string of the molecule is CN=C(NCCCSC)N1CCC(CN2CCCC2)C1.I. The fourth-order valence-electron chi connectivity index (χ4n) is 3.25. The molecule has 0 aliphatic carbocycles. The van der Waals surface area contributed by atoms with E-state index in [1.54, 1.807) is 0 Å². The summed E-state index contributed by atoms with van der Waals surface area (Å²) in [5.41, 5.74) is 0. The molecule has 0 spiro atoms. The summed E-state index contributed by atoms with van der Waals surface area (Å²) in [7, 11) is 1.91. The normalized spacial score (nSPS) is 23.4. The molecule has 0 aromatic heterocycles. The van der Waals surface area contributed by atoms with E-state index >= 15 is 0 Å². The average molecular weight is 426 g/mol. The van der Waals surface area contributed by atoms with Crippen molar-refractivity contribution >= 4 is 41.7 Å². The Morgan fingerprint density at radius 2 is 2.05 bits per heavy atom. The fourth-order valence-corrected chi connectivity index (χ4v) is 3.69. The van der Waals surface area contributed by atoms with Gasteiger partial charge in [-0.25, -0.2) is 0 Å². The van der Waals surface area contributed by atoms with E-state index in [1.807, 2.05) is 18.8 Å². The topological polar surface area (TPSA) is 30.9 Å². The molecule has 2 rings (SSSR count). The van der Waals surface area contributed by atoms with E-state index < -0.39 is 0 Å². The van der Waals surface area contributed by atoms with E-state index in [0.717, 1.165) is 18.4 Å². The number of hydrogen-bond acceptors (Lipinski definition) is 3. The Hall–Kier alpha value is 0.310. The Bertz CT molecular complexity index is 308. The van der Waals surface area contributed by atoms with Crippen molar-refractivity contribution in [3.63, 3.8) is 0 Å². The van der Waals surface area contributed by atoms with Gasteiger partial charge in [0, 0.05) is 33.2 Å². The summed E-state index contributed by atoms with van der Waals surface area (Å²) in [4.78, 5) is 9.53. The van der Waals surface area contributed by atoms with Gasteiger partial charge in [-0.15, -0.1) is 24.0 Å². The molecule has 0 aromatic carbocycles. The first-order valence-electron chi connectivity index (χ1n) is 8.00. The minimum Gasteiger partial charge on any atom is -0.356 e. The van der Waals surface area contributed by atoms with Crippen LogP contribution in [0.4, 0.5) is 0 Å². The smallest absolute Gasteiger partial charge is 0.193 e. The van der Waals surface area contributed by atoms with E-state index in [9.17, 15) is 0 Å². The molecule has 0 amide bonds. The van der Waals surface area contributed by atoms with Gasteiger partial charge in [-0.05, 0) is 56.7 Å². The summed E-state index contributed by atoms with van der Waals surface area (Å²) in [6.45, 7) is 7.32. The van der Waals surface area contributed by atoms with Crippen LogP contribution >= 0.6 is 35.7 Å². The fraction of sp³-hybridized carbons (Fsp3) is 0.933. The van der Waals surface area contributed by atoms with E-state index in [1.165, 1.54) is 64.2 Å². The number of thioether (sulfide) groups is 1. The molecular formula is C15H31IN4S. The Morgan fingerprint density at radius 3 is 2.71 bits per heavy atom. The van der Waals surface area contributed by atoms with Crippen LogP contribution in [0.25, 0.3) is 0 Å². The second-order valence-electron chi connectivity index (χ2n) is 5.93. The number of likely N-dealkylation sites (tertiary alicyclic amines) is 2. The summed E-state index contributed by atoms with van der Waals surface area (Å²) in [5, 5.41) is 3.51. The molecule has 0 saturated carbocycles. The zero-order valence-corrected chi connectivity index (χ0v) is 16.7. The number of guanidine groups is 1. The molecule has 4 nitrogen and oxygen atoms in total. The average Bonchev–Trinajstić information content (AvgIpc) is 3.11. The Morgan fingerprint density at radius 1 is 1.29 bits per heavy atom. The molecule has 1 atom stereocenters. The molecule has 2 saturated heterocycles. The molecule has 1 N–H and O–H groups in total. The van der Waals surface area contributed by atoms with Crippen LogP contribution in [0.5, 0.6) is 0 Å². The summed E-state index contributed by atoms with van der Waals surface area (Å²) in [6.07, 6.45) is 7.50. The minimum absolute atomic E-state index is 0. The van der Waals surface area contributed by atoms with Gasteiger partial charge >= 0.3 is 0 Å². The summed E-state index contributed by atoms with van der Waals surface area (Å²) in [6, 6.07) is 0. The third-order valence-electron chi connectivity index (χ3n) is 4.32. The number of halogens is 1. The number of aliphatic imine (C=N–C) groups is 1. The van der Waals surface area contributed by atoms with Crippen molar-refractivity contribution in [1.29, 1.82) is 0 Å². The molecule has 124 valence electrons. The summed E-state index contributed by atoms with van der Waals surface area (Å²) >= 11 is 1.91. The third kappa shape index (κ3) is 6.52. The molecule has 2 heterocycles. The second-order valence-corrected chi connectivity index (χ2v) is 6.91. The van der Waals surface area contributed by atoms with Gasteiger partial charge in [0.1, 0.15) is 0 Å². The molecule has 1 unspecified atom stereocenters. The van der Waals surface area contributed by atoms with Crippen molar-refractivity contribution in [2.45, 2.75) is 25.7 Å². The maximum Gasteiger partial charge on any atom is 0.193 e. The van der Waals surface area contributed by atoms with Gasteiger partial charge in [0.25, 0.3) is 0 Å². The molecule has 2 aliphatic rings. The summed E-state index contributed by atoms with van der Waals surface area (Å²) < 4.78 is 0. The molecule has 6 heteroatoms. The Kier molecular flexibility index (Phi) is 10.1. The van der Waals surface area contributed by atoms with Crippen LogP contribution in [0.2, 0.25) is 0 Å². The molecule has 21 heavy (non-hydrogen) atoms. The second kappa shape index (κ2) is 10.9. The van der Waals surface area contributed by atoms with Gasteiger partial charge in [-0.2, -0.15) is 11.8 Å². The quantitative estimate of drug-likeness (QED) is 0.306. The standard InChI is InChI=1S/C15H30N4S.HI/c1-16-15(17-7-5-11-20-2)19-10-6-14(13-19)12-18-8-3-4-9-18;/h14H,3-13H2,1-2H3,(H,16,17);1H. The number of hydrogen-bond donors (Lipinski definition) is 1. The van der Waals surface area contributed by atoms with Crippen LogP contribution in [0.3, 0.4) is 0 Å². The Labute approximate surface area is 151 Å². The van der Waals surface area contributed by atoms with Gasteiger partial charge in [-0.1, -0.05) is 0 Å². The van der Waals surface area contributed by atoms with E-state index in [4.69, 9.17) is 0 Å². The van der Waals surface area contributed by atoms with Crippen LogP contribution in [-0.2, 0) is 0 Å². The first-order valence-corrected chi connectivity index (χ1v) is 9.39. The number of rotatable bonds is 6. The van der Waals surface area contributed by atoms with E-state index in [2.05, 4.69) is 26.4 Å². The molecule has 0 aromatic rings. The minimum atomic E-state index is 0. The summed E-state index contributed by atoms with van der Waals surface area (Å²) in [5.74, 6) is 3.16. The first kappa shape index (κ1) is 19.4. The number of nitrogens with zero attached hydrogens (tertiary/aromatic N) is 3. The van der Waals surface area contributed by atoms with Crippen molar-refractivity contribution in [3.05, 3.63) is 0 Å². The third-order valence-corrected chi connectivity index (χ3v) is 5.02. The molecular weight excluding hydrogens is 395 g/mol. The maximum atomic E-state index is 4.45. The van der Waals surface area contributed by atoms with Crippen molar-refractivity contribution in [2.75, 3.05) is 58.3 Å². The predicted molar refractivity (Wildman–Crippen MR) is 105 cm³/mol. The van der Waals surface area contributed by atoms with Crippen LogP contribution < -0.4 is 5.32 Å². The molecule has 2 fully saturated rings. The Balaban J connectivity index is 0.00000220. The highest BCUT2D eigenvalue weighted by Gasteiger charge is 2.27. The highest BCUT2D eigenvalue weighted by atomic mass is 127. The largest absolute Gasteiger partial charge is 0.356 e. The molecule has 0 radical (unpaired) electrons. The lowest BCUT2D eigenvalue weighted by atomic mass is 10.1. The lowest BCUT2D eigenvalue weighted by molar-refractivity contribution is 0.281. The van der Waals surface area contributed by atoms with Crippen molar-refractivity contribution in [2.24, 2.45) is 10.9 Å². The van der Waals surface area contributed by atoms with Gasteiger partial charge in [0.05, 0.1) is 0 Å². The van der Waals surface area contributed by atoms with Gasteiger partial charge in [0.15, 0.2) is 5.96 Å². The van der Waals surface area contributed by atoms with Crippen LogP contribution in [0.1, 0.15) is 25.7 Å². The molecule has 2 aliphatic heterocycles. The number of nitrogens with one attached hydrogen (secondary N) is 1. The zero-order chi connectivity index (χ0) is 14.2.